The van der Waals surface area contributed by atoms with Crippen molar-refractivity contribution in [2.75, 3.05) is 26.2 Å². The molecule has 0 saturated carbocycles. The molecule has 0 spiro atoms. The summed E-state index contributed by atoms with van der Waals surface area (Å²) in [6.45, 7) is 6.57. The Kier molecular flexibility index (Phi) is 4.61. The molecule has 1 aromatic rings. The van der Waals surface area contributed by atoms with Crippen LogP contribution in [0.1, 0.15) is 18.1 Å². The molecule has 5 nitrogen and oxygen atoms in total. The van der Waals surface area contributed by atoms with Crippen LogP contribution in [0.25, 0.3) is 0 Å². The van der Waals surface area contributed by atoms with Crippen molar-refractivity contribution in [1.82, 2.24) is 15.1 Å². The first-order chi connectivity index (χ1) is 9.58. The van der Waals surface area contributed by atoms with E-state index in [0.717, 1.165) is 5.56 Å². The van der Waals surface area contributed by atoms with Gasteiger partial charge in [-0.2, -0.15) is 0 Å². The van der Waals surface area contributed by atoms with Gasteiger partial charge in [-0.15, -0.1) is 0 Å². The predicted molar refractivity (Wildman–Crippen MR) is 77.2 cm³/mol. The van der Waals surface area contributed by atoms with Gasteiger partial charge in [0.1, 0.15) is 0 Å². The summed E-state index contributed by atoms with van der Waals surface area (Å²) in [4.78, 5) is 26.8. The van der Waals surface area contributed by atoms with Crippen LogP contribution in [-0.4, -0.2) is 47.9 Å². The fraction of sp³-hybridized carbons (Fsp3) is 0.467. The maximum atomic E-state index is 12.1. The Bertz CT molecular complexity index is 494. The first-order valence-corrected chi connectivity index (χ1v) is 6.90. The monoisotopic (exact) mass is 275 g/mol. The number of aryl methyl sites for hydroxylation is 1. The van der Waals surface area contributed by atoms with E-state index in [2.05, 4.69) is 5.32 Å². The molecule has 0 bridgehead atoms. The number of amides is 3. The number of hydrogen-bond donors (Lipinski definition) is 1. The maximum absolute atomic E-state index is 12.1. The average molecular weight is 275 g/mol. The highest BCUT2D eigenvalue weighted by atomic mass is 16.2. The molecule has 108 valence electrons. The zero-order chi connectivity index (χ0) is 14.5. The summed E-state index contributed by atoms with van der Waals surface area (Å²) in [6.07, 6.45) is 0. The Labute approximate surface area is 119 Å². The Hall–Kier alpha value is -2.04. The molecule has 20 heavy (non-hydrogen) atoms. The van der Waals surface area contributed by atoms with Crippen LogP contribution in [-0.2, 0) is 11.3 Å². The lowest BCUT2D eigenvalue weighted by Gasteiger charge is -2.34. The molecule has 1 aliphatic heterocycles. The van der Waals surface area contributed by atoms with E-state index in [-0.39, 0.29) is 11.9 Å². The lowest BCUT2D eigenvalue weighted by Crippen LogP contribution is -2.52. The van der Waals surface area contributed by atoms with Gasteiger partial charge in [-0.1, -0.05) is 24.3 Å². The van der Waals surface area contributed by atoms with Crippen LogP contribution in [0, 0.1) is 6.92 Å². The van der Waals surface area contributed by atoms with E-state index in [0.29, 0.717) is 32.7 Å². The molecule has 1 aromatic carbocycles. The molecule has 1 fully saturated rings. The molecule has 0 atom stereocenters. The zero-order valence-corrected chi connectivity index (χ0v) is 12.1. The summed E-state index contributed by atoms with van der Waals surface area (Å²) in [7, 11) is 0. The van der Waals surface area contributed by atoms with E-state index >= 15 is 0 Å². The minimum Gasteiger partial charge on any atom is -0.339 e. The van der Waals surface area contributed by atoms with Crippen molar-refractivity contribution in [2.24, 2.45) is 0 Å². The van der Waals surface area contributed by atoms with Crippen molar-refractivity contribution < 1.29 is 9.59 Å². The Balaban J connectivity index is 1.82. The second-order valence-electron chi connectivity index (χ2n) is 5.08. The van der Waals surface area contributed by atoms with Gasteiger partial charge in [-0.3, -0.25) is 4.79 Å². The summed E-state index contributed by atoms with van der Waals surface area (Å²) in [5.41, 5.74) is 2.30. The highest BCUT2D eigenvalue weighted by Gasteiger charge is 2.21. The molecule has 1 N–H and O–H groups in total. The number of hydrogen-bond acceptors (Lipinski definition) is 2. The molecule has 0 aliphatic carbocycles. The average Bonchev–Trinajstić information content (AvgIpc) is 2.46. The first-order valence-electron chi connectivity index (χ1n) is 6.90. The van der Waals surface area contributed by atoms with Gasteiger partial charge in [0.2, 0.25) is 5.91 Å². The smallest absolute Gasteiger partial charge is 0.317 e. The van der Waals surface area contributed by atoms with Gasteiger partial charge in [0.05, 0.1) is 0 Å². The number of rotatable bonds is 2. The summed E-state index contributed by atoms with van der Waals surface area (Å²) in [5, 5.41) is 2.94. The minimum atomic E-state index is -0.0588. The van der Waals surface area contributed by atoms with Crippen LogP contribution in [0.3, 0.4) is 0 Å². The standard InChI is InChI=1S/C15H21N3O2/c1-12-5-3-4-6-14(12)11-16-15(20)18-9-7-17(8-10-18)13(2)19/h3-6H,7-11H2,1-2H3,(H,16,20). The van der Waals surface area contributed by atoms with E-state index in [1.54, 1.807) is 16.7 Å². The molecule has 0 aromatic heterocycles. The lowest BCUT2D eigenvalue weighted by atomic mass is 10.1. The molecule has 0 unspecified atom stereocenters. The molecule has 1 saturated heterocycles. The molecule has 3 amide bonds. The van der Waals surface area contributed by atoms with Gasteiger partial charge >= 0.3 is 6.03 Å². The van der Waals surface area contributed by atoms with Crippen LogP contribution in [0.4, 0.5) is 4.79 Å². The van der Waals surface area contributed by atoms with E-state index in [1.807, 2.05) is 31.2 Å². The van der Waals surface area contributed by atoms with E-state index in [4.69, 9.17) is 0 Å². The number of benzene rings is 1. The van der Waals surface area contributed by atoms with Gasteiger partial charge < -0.3 is 15.1 Å². The van der Waals surface area contributed by atoms with Gasteiger partial charge in [0.25, 0.3) is 0 Å². The highest BCUT2D eigenvalue weighted by molar-refractivity contribution is 5.76. The van der Waals surface area contributed by atoms with Gasteiger partial charge in [0.15, 0.2) is 0 Å². The molecule has 1 aliphatic rings. The SMILES string of the molecule is CC(=O)N1CCN(C(=O)NCc2ccccc2C)CC1. The quantitative estimate of drug-likeness (QED) is 0.886. The summed E-state index contributed by atoms with van der Waals surface area (Å²) < 4.78 is 0. The molecule has 2 rings (SSSR count). The largest absolute Gasteiger partial charge is 0.339 e. The molecule has 5 heteroatoms. The van der Waals surface area contributed by atoms with Crippen molar-refractivity contribution in [3.63, 3.8) is 0 Å². The minimum absolute atomic E-state index is 0.0588. The maximum Gasteiger partial charge on any atom is 0.317 e. The summed E-state index contributed by atoms with van der Waals surface area (Å²) in [5.74, 6) is 0.0740. The summed E-state index contributed by atoms with van der Waals surface area (Å²) in [6, 6.07) is 7.95. The van der Waals surface area contributed by atoms with E-state index in [1.165, 1.54) is 5.56 Å². The third-order valence-electron chi connectivity index (χ3n) is 3.70. The van der Waals surface area contributed by atoms with Gasteiger partial charge in [0, 0.05) is 39.6 Å². The third kappa shape index (κ3) is 3.50. The fourth-order valence-electron chi connectivity index (χ4n) is 2.32. The fourth-order valence-corrected chi connectivity index (χ4v) is 2.32. The van der Waals surface area contributed by atoms with Crippen LogP contribution in [0.2, 0.25) is 0 Å². The number of urea groups is 1. The normalized spacial score (nSPS) is 15.1. The third-order valence-corrected chi connectivity index (χ3v) is 3.70. The molecular weight excluding hydrogens is 254 g/mol. The second kappa shape index (κ2) is 6.41. The molecular formula is C15H21N3O2. The highest BCUT2D eigenvalue weighted by Crippen LogP contribution is 2.07. The lowest BCUT2D eigenvalue weighted by molar-refractivity contribution is -0.130. The number of nitrogens with one attached hydrogen (secondary N) is 1. The van der Waals surface area contributed by atoms with Gasteiger partial charge in [-0.05, 0) is 18.1 Å². The van der Waals surface area contributed by atoms with Crippen molar-refractivity contribution in [1.29, 1.82) is 0 Å². The number of carbonyl (C=O) groups is 2. The number of nitrogens with zero attached hydrogens (tertiary/aromatic N) is 2. The number of piperazine rings is 1. The predicted octanol–water partition coefficient (Wildman–Crippen LogP) is 1.37. The van der Waals surface area contributed by atoms with Crippen molar-refractivity contribution in [3.05, 3.63) is 35.4 Å². The van der Waals surface area contributed by atoms with Crippen molar-refractivity contribution >= 4 is 11.9 Å². The second-order valence-corrected chi connectivity index (χ2v) is 5.08. The van der Waals surface area contributed by atoms with E-state index < -0.39 is 0 Å². The van der Waals surface area contributed by atoms with E-state index in [9.17, 15) is 9.59 Å². The Morgan fingerprint density at radius 3 is 2.30 bits per heavy atom. The zero-order valence-electron chi connectivity index (χ0n) is 12.1. The Morgan fingerprint density at radius 1 is 1.10 bits per heavy atom. The van der Waals surface area contributed by atoms with Crippen LogP contribution >= 0.6 is 0 Å². The van der Waals surface area contributed by atoms with Crippen molar-refractivity contribution in [3.8, 4) is 0 Å². The topological polar surface area (TPSA) is 52.7 Å². The number of carbonyl (C=O) groups excluding carboxylic acids is 2. The summed E-state index contributed by atoms with van der Waals surface area (Å²) >= 11 is 0. The van der Waals surface area contributed by atoms with Crippen LogP contribution in [0.5, 0.6) is 0 Å². The van der Waals surface area contributed by atoms with Crippen LogP contribution < -0.4 is 5.32 Å². The molecule has 1 heterocycles. The van der Waals surface area contributed by atoms with Gasteiger partial charge in [-0.25, -0.2) is 4.79 Å². The Morgan fingerprint density at radius 2 is 1.70 bits per heavy atom. The van der Waals surface area contributed by atoms with Crippen molar-refractivity contribution in [2.45, 2.75) is 20.4 Å². The molecule has 0 radical (unpaired) electrons. The van der Waals surface area contributed by atoms with Crippen LogP contribution in [0.15, 0.2) is 24.3 Å². The first kappa shape index (κ1) is 14.4.